The summed E-state index contributed by atoms with van der Waals surface area (Å²) in [5.41, 5.74) is 5.49. The Morgan fingerprint density at radius 1 is 1.27 bits per heavy atom. The van der Waals surface area contributed by atoms with Gasteiger partial charge >= 0.3 is 0 Å². The number of hydrogen-bond acceptors (Lipinski definition) is 5. The van der Waals surface area contributed by atoms with E-state index in [0.29, 0.717) is 11.6 Å². The molecule has 0 bridgehead atoms. The normalized spacial score (nSPS) is 10.6. The second kappa shape index (κ2) is 3.47. The second-order valence-corrected chi connectivity index (χ2v) is 3.41. The number of halogens is 1. The van der Waals surface area contributed by atoms with Gasteiger partial charge in [-0.1, -0.05) is 11.6 Å². The van der Waals surface area contributed by atoms with E-state index in [9.17, 15) is 0 Å². The maximum absolute atomic E-state index is 5.77. The summed E-state index contributed by atoms with van der Waals surface area (Å²) in [5, 5.41) is 4.45. The molecular weight excluding hydrogens is 216 g/mol. The van der Waals surface area contributed by atoms with Gasteiger partial charge in [-0.2, -0.15) is 9.67 Å². The molecule has 7 heteroatoms. The summed E-state index contributed by atoms with van der Waals surface area (Å²) in [6, 6.07) is 1.58. The number of rotatable bonds is 1. The molecule has 2 N–H and O–H groups in total. The molecule has 0 aliphatic heterocycles. The second-order valence-electron chi connectivity index (χ2n) is 3.03. The van der Waals surface area contributed by atoms with Crippen LogP contribution in [0.25, 0.3) is 5.82 Å². The average Bonchev–Trinajstić information content (AvgIpc) is 2.43. The van der Waals surface area contributed by atoms with E-state index < -0.39 is 0 Å². The Balaban J connectivity index is 2.58. The summed E-state index contributed by atoms with van der Waals surface area (Å²) in [6.45, 7) is 3.63. The Labute approximate surface area is 91.1 Å². The van der Waals surface area contributed by atoms with Gasteiger partial charge in [0.15, 0.2) is 5.82 Å². The predicted octanol–water partition coefficient (Wildman–Crippen LogP) is 0.910. The molecule has 0 atom stereocenters. The number of nitrogen functional groups attached to an aromatic ring is 1. The minimum absolute atomic E-state index is 0.116. The molecule has 15 heavy (non-hydrogen) atoms. The first-order valence-electron chi connectivity index (χ1n) is 4.27. The average molecular weight is 225 g/mol. The molecule has 2 aromatic rings. The molecule has 2 rings (SSSR count). The predicted molar refractivity (Wildman–Crippen MR) is 55.8 cm³/mol. The van der Waals surface area contributed by atoms with Crippen LogP contribution in [0.5, 0.6) is 0 Å². The monoisotopic (exact) mass is 224 g/mol. The summed E-state index contributed by atoms with van der Waals surface area (Å²) in [4.78, 5) is 11.9. The van der Waals surface area contributed by atoms with Crippen molar-refractivity contribution in [3.63, 3.8) is 0 Å². The highest BCUT2D eigenvalue weighted by molar-refractivity contribution is 6.29. The fraction of sp³-hybridized carbons (Fsp3) is 0.250. The lowest BCUT2D eigenvalue weighted by Gasteiger charge is -2.02. The zero-order valence-electron chi connectivity index (χ0n) is 8.27. The van der Waals surface area contributed by atoms with Crippen molar-refractivity contribution in [3.8, 4) is 5.82 Å². The number of aryl methyl sites for hydroxylation is 2. The molecule has 0 fully saturated rings. The van der Waals surface area contributed by atoms with Gasteiger partial charge in [0, 0.05) is 6.07 Å². The van der Waals surface area contributed by atoms with Crippen molar-refractivity contribution in [3.05, 3.63) is 22.9 Å². The fourth-order valence-corrected chi connectivity index (χ4v) is 1.45. The highest BCUT2D eigenvalue weighted by Crippen LogP contribution is 2.12. The molecule has 6 nitrogen and oxygen atoms in total. The molecule has 0 amide bonds. The molecule has 0 spiro atoms. The molecule has 0 aliphatic carbocycles. The molecule has 0 unspecified atom stereocenters. The van der Waals surface area contributed by atoms with Crippen LogP contribution in [0.2, 0.25) is 5.15 Å². The third-order valence-corrected chi connectivity index (χ3v) is 1.98. The molecule has 0 radical (unpaired) electrons. The first-order valence-corrected chi connectivity index (χ1v) is 4.65. The largest absolute Gasteiger partial charge is 0.368 e. The van der Waals surface area contributed by atoms with Crippen LogP contribution >= 0.6 is 11.6 Å². The van der Waals surface area contributed by atoms with Crippen LogP contribution in [0.1, 0.15) is 11.6 Å². The van der Waals surface area contributed by atoms with Crippen LogP contribution < -0.4 is 5.73 Å². The minimum Gasteiger partial charge on any atom is -0.368 e. The van der Waals surface area contributed by atoms with Crippen molar-refractivity contribution >= 4 is 17.5 Å². The molecule has 0 saturated carbocycles. The minimum atomic E-state index is 0.116. The Morgan fingerprint density at radius 3 is 2.53 bits per heavy atom. The smallest absolute Gasteiger partial charge is 0.223 e. The van der Waals surface area contributed by atoms with Gasteiger partial charge in [-0.25, -0.2) is 9.97 Å². The third kappa shape index (κ3) is 1.89. The number of nitrogens with two attached hydrogens (primary N) is 1. The van der Waals surface area contributed by atoms with Gasteiger partial charge in [0.1, 0.15) is 16.8 Å². The van der Waals surface area contributed by atoms with Gasteiger partial charge in [0.05, 0.1) is 0 Å². The molecule has 2 heterocycles. The summed E-state index contributed by atoms with van der Waals surface area (Å²) in [7, 11) is 0. The van der Waals surface area contributed by atoms with Gasteiger partial charge < -0.3 is 5.73 Å². The quantitative estimate of drug-likeness (QED) is 0.728. The summed E-state index contributed by atoms with van der Waals surface area (Å²) < 4.78 is 1.57. The maximum atomic E-state index is 5.77. The fourth-order valence-electron chi connectivity index (χ4n) is 1.27. The standard InChI is InChI=1S/C8H9ClN6/c1-4-11-5(2)15(14-4)7-3-6(9)12-8(10)13-7/h3H,1-2H3,(H2,10,12,13). The van der Waals surface area contributed by atoms with Crippen LogP contribution in [0.15, 0.2) is 6.07 Å². The SMILES string of the molecule is Cc1nc(C)n(-c2cc(Cl)nc(N)n2)n1. The first-order chi connectivity index (χ1) is 7.06. The van der Waals surface area contributed by atoms with Crippen molar-refractivity contribution < 1.29 is 0 Å². The van der Waals surface area contributed by atoms with Crippen LogP contribution in [0.4, 0.5) is 5.95 Å². The van der Waals surface area contributed by atoms with E-state index >= 15 is 0 Å². The molecule has 0 aliphatic rings. The molecule has 2 aromatic heterocycles. The van der Waals surface area contributed by atoms with Crippen LogP contribution in [0, 0.1) is 13.8 Å². The van der Waals surface area contributed by atoms with E-state index in [4.69, 9.17) is 17.3 Å². The highest BCUT2D eigenvalue weighted by Gasteiger charge is 2.08. The van der Waals surface area contributed by atoms with E-state index in [1.165, 1.54) is 0 Å². The number of anilines is 1. The maximum Gasteiger partial charge on any atom is 0.223 e. The lowest BCUT2D eigenvalue weighted by molar-refractivity contribution is 0.801. The van der Waals surface area contributed by atoms with Gasteiger partial charge in [-0.05, 0) is 13.8 Å². The lowest BCUT2D eigenvalue weighted by Crippen LogP contribution is -2.05. The number of hydrogen-bond donors (Lipinski definition) is 1. The van der Waals surface area contributed by atoms with Crippen molar-refractivity contribution in [1.82, 2.24) is 24.7 Å². The molecule has 0 saturated heterocycles. The third-order valence-electron chi connectivity index (χ3n) is 1.79. The van der Waals surface area contributed by atoms with Crippen molar-refractivity contribution in [2.75, 3.05) is 5.73 Å². The Bertz CT molecular complexity index is 486. The van der Waals surface area contributed by atoms with Gasteiger partial charge in [0.25, 0.3) is 0 Å². The topological polar surface area (TPSA) is 82.5 Å². The Hall–Kier alpha value is -1.69. The van der Waals surface area contributed by atoms with Gasteiger partial charge in [0.2, 0.25) is 5.95 Å². The Kier molecular flexibility index (Phi) is 2.28. The van der Waals surface area contributed by atoms with Crippen LogP contribution in [-0.4, -0.2) is 24.7 Å². The summed E-state index contributed by atoms with van der Waals surface area (Å²) in [5.74, 6) is 2.03. The highest BCUT2D eigenvalue weighted by atomic mass is 35.5. The summed E-state index contributed by atoms with van der Waals surface area (Å²) in [6.07, 6.45) is 0. The zero-order chi connectivity index (χ0) is 11.0. The molecule has 78 valence electrons. The van der Waals surface area contributed by atoms with Crippen LogP contribution in [-0.2, 0) is 0 Å². The Morgan fingerprint density at radius 2 is 2.00 bits per heavy atom. The van der Waals surface area contributed by atoms with E-state index in [0.717, 1.165) is 5.82 Å². The van der Waals surface area contributed by atoms with Crippen molar-refractivity contribution in [2.45, 2.75) is 13.8 Å². The van der Waals surface area contributed by atoms with Crippen molar-refractivity contribution in [1.29, 1.82) is 0 Å². The number of nitrogens with zero attached hydrogens (tertiary/aromatic N) is 5. The molecular formula is C8H9ClN6. The summed E-state index contributed by atoms with van der Waals surface area (Å²) >= 11 is 5.77. The molecule has 0 aromatic carbocycles. The van der Waals surface area contributed by atoms with E-state index in [1.807, 2.05) is 6.92 Å². The lowest BCUT2D eigenvalue weighted by atomic mass is 10.5. The van der Waals surface area contributed by atoms with E-state index in [-0.39, 0.29) is 11.1 Å². The van der Waals surface area contributed by atoms with Gasteiger partial charge in [-0.3, -0.25) is 0 Å². The zero-order valence-corrected chi connectivity index (χ0v) is 9.02. The van der Waals surface area contributed by atoms with Gasteiger partial charge in [-0.15, -0.1) is 5.10 Å². The van der Waals surface area contributed by atoms with Crippen LogP contribution in [0.3, 0.4) is 0 Å². The van der Waals surface area contributed by atoms with Crippen molar-refractivity contribution in [2.24, 2.45) is 0 Å². The number of aromatic nitrogens is 5. The van der Waals surface area contributed by atoms with E-state index in [2.05, 4.69) is 20.1 Å². The first kappa shape index (κ1) is 9.85. The van der Waals surface area contributed by atoms with E-state index in [1.54, 1.807) is 17.7 Å².